The minimum absolute atomic E-state index is 0.105. The molecule has 4 rings (SSSR count). The van der Waals surface area contributed by atoms with E-state index in [9.17, 15) is 9.59 Å². The summed E-state index contributed by atoms with van der Waals surface area (Å²) in [6.45, 7) is 0. The SMILES string of the molecule is COc1cc2oc(=O)cc(-c3ccccc3)c2cc1CCC(=O)Nc1ccncc1. The molecule has 0 aliphatic rings. The van der Waals surface area contributed by atoms with Gasteiger partial charge in [0.25, 0.3) is 0 Å². The Hall–Kier alpha value is -3.93. The van der Waals surface area contributed by atoms with E-state index in [-0.39, 0.29) is 12.3 Å². The largest absolute Gasteiger partial charge is 0.496 e. The lowest BCUT2D eigenvalue weighted by Gasteiger charge is -2.12. The maximum absolute atomic E-state index is 12.3. The zero-order valence-electron chi connectivity index (χ0n) is 16.4. The molecule has 0 bridgehead atoms. The summed E-state index contributed by atoms with van der Waals surface area (Å²) in [6.07, 6.45) is 4.01. The van der Waals surface area contributed by atoms with E-state index in [0.29, 0.717) is 23.4 Å². The van der Waals surface area contributed by atoms with Gasteiger partial charge >= 0.3 is 5.63 Å². The Kier molecular flexibility index (Phi) is 5.57. The number of carbonyl (C=O) groups is 1. The highest BCUT2D eigenvalue weighted by Gasteiger charge is 2.14. The average Bonchev–Trinajstić information content (AvgIpc) is 2.78. The van der Waals surface area contributed by atoms with Crippen LogP contribution in [-0.4, -0.2) is 18.0 Å². The number of hydrogen-bond acceptors (Lipinski definition) is 5. The second kappa shape index (κ2) is 8.61. The number of aryl methyl sites for hydroxylation is 1. The molecular weight excluding hydrogens is 380 g/mol. The Bertz CT molecular complexity index is 1230. The fourth-order valence-corrected chi connectivity index (χ4v) is 3.38. The number of nitrogens with one attached hydrogen (secondary N) is 1. The van der Waals surface area contributed by atoms with Crippen LogP contribution in [0.25, 0.3) is 22.1 Å². The maximum atomic E-state index is 12.3. The second-order valence-electron chi connectivity index (χ2n) is 6.79. The highest BCUT2D eigenvalue weighted by atomic mass is 16.5. The lowest BCUT2D eigenvalue weighted by molar-refractivity contribution is -0.116. The molecule has 2 aromatic carbocycles. The molecule has 1 amide bonds. The number of methoxy groups -OCH3 is 1. The van der Waals surface area contributed by atoms with E-state index >= 15 is 0 Å². The van der Waals surface area contributed by atoms with Crippen LogP contribution >= 0.6 is 0 Å². The first-order valence-corrected chi connectivity index (χ1v) is 9.54. The summed E-state index contributed by atoms with van der Waals surface area (Å²) in [4.78, 5) is 28.4. The van der Waals surface area contributed by atoms with Gasteiger partial charge in [0.05, 0.1) is 7.11 Å². The third kappa shape index (κ3) is 4.22. The molecule has 0 aliphatic carbocycles. The van der Waals surface area contributed by atoms with Crippen LogP contribution in [0.4, 0.5) is 5.69 Å². The molecule has 0 unspecified atom stereocenters. The van der Waals surface area contributed by atoms with E-state index in [1.807, 2.05) is 36.4 Å². The number of hydrogen-bond donors (Lipinski definition) is 1. The summed E-state index contributed by atoms with van der Waals surface area (Å²) in [5, 5.41) is 3.65. The van der Waals surface area contributed by atoms with Gasteiger partial charge in [-0.1, -0.05) is 30.3 Å². The molecule has 0 saturated carbocycles. The third-order valence-electron chi connectivity index (χ3n) is 4.82. The molecule has 0 saturated heterocycles. The van der Waals surface area contributed by atoms with Gasteiger partial charge in [-0.3, -0.25) is 9.78 Å². The summed E-state index contributed by atoms with van der Waals surface area (Å²) in [5.41, 5.74) is 3.29. The van der Waals surface area contributed by atoms with Crippen molar-refractivity contribution in [2.24, 2.45) is 0 Å². The van der Waals surface area contributed by atoms with Crippen molar-refractivity contribution in [1.29, 1.82) is 0 Å². The van der Waals surface area contributed by atoms with Gasteiger partial charge in [-0.25, -0.2) is 4.79 Å². The normalized spacial score (nSPS) is 10.7. The quantitative estimate of drug-likeness (QED) is 0.484. The molecule has 0 atom stereocenters. The molecule has 30 heavy (non-hydrogen) atoms. The van der Waals surface area contributed by atoms with E-state index in [0.717, 1.165) is 22.1 Å². The number of carbonyl (C=O) groups excluding carboxylic acids is 1. The van der Waals surface area contributed by atoms with Crippen LogP contribution in [0.15, 0.2) is 82.3 Å². The molecule has 0 radical (unpaired) electrons. The number of benzene rings is 2. The van der Waals surface area contributed by atoms with Gasteiger partial charge in [0.1, 0.15) is 11.3 Å². The number of nitrogens with zero attached hydrogens (tertiary/aromatic N) is 1. The Morgan fingerprint density at radius 1 is 1.07 bits per heavy atom. The van der Waals surface area contributed by atoms with Crippen LogP contribution in [0, 0.1) is 0 Å². The van der Waals surface area contributed by atoms with E-state index in [1.54, 1.807) is 37.7 Å². The Labute approximate surface area is 173 Å². The van der Waals surface area contributed by atoms with Crippen LogP contribution in [0.2, 0.25) is 0 Å². The molecule has 2 heterocycles. The number of aromatic nitrogens is 1. The zero-order chi connectivity index (χ0) is 20.9. The fraction of sp³-hybridized carbons (Fsp3) is 0.125. The number of ether oxygens (including phenoxy) is 1. The summed E-state index contributed by atoms with van der Waals surface area (Å²) >= 11 is 0. The summed E-state index contributed by atoms with van der Waals surface area (Å²) in [6, 6.07) is 18.3. The van der Waals surface area contributed by atoms with Gasteiger partial charge < -0.3 is 14.5 Å². The Morgan fingerprint density at radius 3 is 2.57 bits per heavy atom. The van der Waals surface area contributed by atoms with E-state index in [4.69, 9.17) is 9.15 Å². The molecule has 0 aliphatic heterocycles. The molecule has 2 aromatic heterocycles. The van der Waals surface area contributed by atoms with Crippen molar-refractivity contribution < 1.29 is 13.9 Å². The van der Waals surface area contributed by atoms with E-state index < -0.39 is 5.63 Å². The topological polar surface area (TPSA) is 81.4 Å². The van der Waals surface area contributed by atoms with Crippen molar-refractivity contribution in [2.45, 2.75) is 12.8 Å². The lowest BCUT2D eigenvalue weighted by Crippen LogP contribution is -2.12. The first-order chi connectivity index (χ1) is 14.6. The lowest BCUT2D eigenvalue weighted by atomic mass is 9.98. The molecule has 0 spiro atoms. The number of amides is 1. The van der Waals surface area contributed by atoms with E-state index in [1.165, 1.54) is 6.07 Å². The van der Waals surface area contributed by atoms with Crippen LogP contribution in [0.3, 0.4) is 0 Å². The van der Waals surface area contributed by atoms with Gasteiger partial charge in [-0.05, 0) is 41.3 Å². The summed E-state index contributed by atoms with van der Waals surface area (Å²) in [7, 11) is 1.56. The van der Waals surface area contributed by atoms with Crippen LogP contribution in [0.1, 0.15) is 12.0 Å². The molecule has 0 fully saturated rings. The third-order valence-corrected chi connectivity index (χ3v) is 4.82. The number of fused-ring (bicyclic) bond motifs is 1. The molecule has 6 heteroatoms. The van der Waals surface area contributed by atoms with Crippen molar-refractivity contribution in [3.8, 4) is 16.9 Å². The predicted octanol–water partition coefficient (Wildman–Crippen LogP) is 4.43. The molecular formula is C24H20N2O4. The second-order valence-corrected chi connectivity index (χ2v) is 6.79. The number of pyridine rings is 1. The standard InChI is InChI=1S/C24H20N2O4/c1-29-21-15-22-20(19(14-24(28)30-22)16-5-3-2-4-6-16)13-17(21)7-8-23(27)26-18-9-11-25-12-10-18/h2-6,9-15H,7-8H2,1H3,(H,25,26,27). The smallest absolute Gasteiger partial charge is 0.336 e. The van der Waals surface area contributed by atoms with Crippen molar-refractivity contribution in [3.05, 3.63) is 89.0 Å². The summed E-state index contributed by atoms with van der Waals surface area (Å²) in [5.74, 6) is 0.471. The van der Waals surface area contributed by atoms with Crippen LogP contribution < -0.4 is 15.7 Å². The zero-order valence-corrected chi connectivity index (χ0v) is 16.4. The van der Waals surface area contributed by atoms with Crippen molar-refractivity contribution >= 4 is 22.6 Å². The van der Waals surface area contributed by atoms with Crippen molar-refractivity contribution in [2.75, 3.05) is 12.4 Å². The summed E-state index contributed by atoms with van der Waals surface area (Å²) < 4.78 is 10.9. The maximum Gasteiger partial charge on any atom is 0.336 e. The van der Waals surface area contributed by atoms with Crippen LogP contribution in [-0.2, 0) is 11.2 Å². The average molecular weight is 400 g/mol. The fourth-order valence-electron chi connectivity index (χ4n) is 3.38. The van der Waals surface area contributed by atoms with Gasteiger partial charge in [-0.15, -0.1) is 0 Å². The number of rotatable bonds is 6. The Morgan fingerprint density at radius 2 is 1.83 bits per heavy atom. The van der Waals surface area contributed by atoms with E-state index in [2.05, 4.69) is 10.3 Å². The predicted molar refractivity (Wildman–Crippen MR) is 116 cm³/mol. The number of anilines is 1. The molecule has 4 aromatic rings. The highest BCUT2D eigenvalue weighted by molar-refractivity contribution is 5.95. The van der Waals surface area contributed by atoms with Crippen molar-refractivity contribution in [1.82, 2.24) is 4.98 Å². The van der Waals surface area contributed by atoms with Gasteiger partial charge in [-0.2, -0.15) is 0 Å². The first kappa shape index (κ1) is 19.4. The molecule has 150 valence electrons. The molecule has 6 nitrogen and oxygen atoms in total. The Balaban J connectivity index is 1.66. The first-order valence-electron chi connectivity index (χ1n) is 9.54. The monoisotopic (exact) mass is 400 g/mol. The highest BCUT2D eigenvalue weighted by Crippen LogP contribution is 2.32. The van der Waals surface area contributed by atoms with Gasteiger partial charge in [0.15, 0.2) is 0 Å². The van der Waals surface area contributed by atoms with Crippen molar-refractivity contribution in [3.63, 3.8) is 0 Å². The minimum atomic E-state index is -0.423. The molecule has 1 N–H and O–H groups in total. The van der Waals surface area contributed by atoms with Crippen LogP contribution in [0.5, 0.6) is 5.75 Å². The van der Waals surface area contributed by atoms with Gasteiger partial charge in [0.2, 0.25) is 5.91 Å². The minimum Gasteiger partial charge on any atom is -0.496 e. The van der Waals surface area contributed by atoms with Gasteiger partial charge in [0, 0.05) is 42.0 Å².